The van der Waals surface area contributed by atoms with Crippen molar-refractivity contribution in [2.45, 2.75) is 0 Å². The van der Waals surface area contributed by atoms with Crippen LogP contribution in [0.3, 0.4) is 0 Å². The van der Waals surface area contributed by atoms with Gasteiger partial charge in [0.25, 0.3) is 0 Å². The Morgan fingerprint density at radius 1 is 1.06 bits per heavy atom. The minimum absolute atomic E-state index is 0.702. The third kappa shape index (κ3) is 3.17. The number of rotatable bonds is 4. The van der Waals surface area contributed by atoms with Crippen molar-refractivity contribution in [2.75, 3.05) is 43.4 Å². The standard InChI is InChI=1S/C21H22N10/c1-30-6-8-31(9-7-30)13-2-3-15-16(10-13)27-21(26-15)18-17(11-25-29-18)28-20-14-4-5-22-19(14)23-12-24-20/h2-5,10-12H,6-9H2,1H3,(H,25,29)(H,26,27)(H2,22,23,24,28). The molecule has 10 heteroatoms. The first-order valence-corrected chi connectivity index (χ1v) is 10.3. The largest absolute Gasteiger partial charge is 0.369 e. The second kappa shape index (κ2) is 7.10. The van der Waals surface area contributed by atoms with E-state index in [0.717, 1.165) is 53.9 Å². The van der Waals surface area contributed by atoms with Gasteiger partial charge in [0.05, 0.1) is 22.1 Å². The molecule has 156 valence electrons. The summed E-state index contributed by atoms with van der Waals surface area (Å²) < 4.78 is 0. The summed E-state index contributed by atoms with van der Waals surface area (Å²) in [5.41, 5.74) is 5.39. The first kappa shape index (κ1) is 17.9. The minimum atomic E-state index is 0.702. The van der Waals surface area contributed by atoms with Crippen LogP contribution in [0.2, 0.25) is 0 Å². The van der Waals surface area contributed by atoms with E-state index in [1.807, 2.05) is 12.3 Å². The molecule has 31 heavy (non-hydrogen) atoms. The zero-order valence-electron chi connectivity index (χ0n) is 17.1. The Labute approximate surface area is 177 Å². The average Bonchev–Trinajstić information content (AvgIpc) is 3.53. The summed E-state index contributed by atoms with van der Waals surface area (Å²) in [6.45, 7) is 4.20. The lowest BCUT2D eigenvalue weighted by molar-refractivity contribution is 0.313. The highest BCUT2D eigenvalue weighted by atomic mass is 15.2. The molecule has 0 amide bonds. The van der Waals surface area contributed by atoms with Gasteiger partial charge in [-0.1, -0.05) is 0 Å². The van der Waals surface area contributed by atoms with Crippen molar-refractivity contribution in [2.24, 2.45) is 0 Å². The molecule has 0 bridgehead atoms. The maximum atomic E-state index is 4.83. The van der Waals surface area contributed by atoms with Gasteiger partial charge in [-0.3, -0.25) is 5.10 Å². The molecule has 0 atom stereocenters. The Morgan fingerprint density at radius 2 is 1.97 bits per heavy atom. The zero-order valence-corrected chi connectivity index (χ0v) is 17.1. The van der Waals surface area contributed by atoms with Crippen LogP contribution in [0, 0.1) is 0 Å². The molecule has 6 rings (SSSR count). The van der Waals surface area contributed by atoms with Gasteiger partial charge in [-0.25, -0.2) is 15.0 Å². The maximum absolute atomic E-state index is 4.83. The first-order valence-electron chi connectivity index (χ1n) is 10.3. The topological polar surface area (TPSA) is 117 Å². The van der Waals surface area contributed by atoms with Crippen LogP contribution < -0.4 is 10.2 Å². The predicted molar refractivity (Wildman–Crippen MR) is 121 cm³/mol. The van der Waals surface area contributed by atoms with Gasteiger partial charge in [0.15, 0.2) is 11.5 Å². The molecule has 1 fully saturated rings. The van der Waals surface area contributed by atoms with E-state index in [-0.39, 0.29) is 0 Å². The third-order valence-corrected chi connectivity index (χ3v) is 5.81. The number of nitrogens with one attached hydrogen (secondary N) is 4. The van der Waals surface area contributed by atoms with Gasteiger partial charge in [0, 0.05) is 44.3 Å². The van der Waals surface area contributed by atoms with Crippen molar-refractivity contribution in [1.29, 1.82) is 0 Å². The summed E-state index contributed by atoms with van der Waals surface area (Å²) in [5.74, 6) is 1.41. The second-order valence-corrected chi connectivity index (χ2v) is 7.81. The number of nitrogens with zero attached hydrogens (tertiary/aromatic N) is 6. The van der Waals surface area contributed by atoms with Gasteiger partial charge < -0.3 is 25.1 Å². The van der Waals surface area contributed by atoms with Crippen LogP contribution in [0.25, 0.3) is 33.6 Å². The van der Waals surface area contributed by atoms with Crippen LogP contribution in [0.15, 0.2) is 43.0 Å². The Kier molecular flexibility index (Phi) is 4.10. The highest BCUT2D eigenvalue weighted by Crippen LogP contribution is 2.30. The number of anilines is 3. The number of piperazine rings is 1. The minimum Gasteiger partial charge on any atom is -0.369 e. The van der Waals surface area contributed by atoms with Gasteiger partial charge in [-0.15, -0.1) is 0 Å². The van der Waals surface area contributed by atoms with E-state index in [1.165, 1.54) is 12.0 Å². The first-order chi connectivity index (χ1) is 15.2. The second-order valence-electron chi connectivity index (χ2n) is 7.81. The monoisotopic (exact) mass is 414 g/mol. The number of aromatic nitrogens is 7. The lowest BCUT2D eigenvalue weighted by atomic mass is 10.2. The number of imidazole rings is 1. The summed E-state index contributed by atoms with van der Waals surface area (Å²) in [6, 6.07) is 8.34. The van der Waals surface area contributed by atoms with Crippen LogP contribution in [0.4, 0.5) is 17.2 Å². The zero-order chi connectivity index (χ0) is 20.8. The normalized spacial score (nSPS) is 15.2. The van der Waals surface area contributed by atoms with E-state index >= 15 is 0 Å². The summed E-state index contributed by atoms with van der Waals surface area (Å²) in [7, 11) is 2.17. The SMILES string of the molecule is CN1CCN(c2ccc3[nH]c(-c4n[nH]cc4Nc4ncnc5[nH]ccc45)nc3c2)CC1. The summed E-state index contributed by atoms with van der Waals surface area (Å²) in [5, 5.41) is 11.6. The van der Waals surface area contributed by atoms with E-state index in [4.69, 9.17) is 4.98 Å². The van der Waals surface area contributed by atoms with E-state index in [1.54, 1.807) is 6.20 Å². The average molecular weight is 414 g/mol. The van der Waals surface area contributed by atoms with E-state index in [0.29, 0.717) is 17.3 Å². The van der Waals surface area contributed by atoms with Gasteiger partial charge in [0.1, 0.15) is 17.8 Å². The highest BCUT2D eigenvalue weighted by molar-refractivity contribution is 5.91. The molecule has 0 spiro atoms. The van der Waals surface area contributed by atoms with Crippen molar-refractivity contribution in [3.8, 4) is 11.5 Å². The fourth-order valence-electron chi connectivity index (χ4n) is 4.03. The number of fused-ring (bicyclic) bond motifs is 2. The van der Waals surface area contributed by atoms with Crippen molar-refractivity contribution >= 4 is 39.3 Å². The van der Waals surface area contributed by atoms with Crippen molar-refractivity contribution < 1.29 is 0 Å². The Morgan fingerprint density at radius 3 is 2.87 bits per heavy atom. The predicted octanol–water partition coefficient (Wildman–Crippen LogP) is 2.72. The third-order valence-electron chi connectivity index (χ3n) is 5.81. The molecule has 1 saturated heterocycles. The lowest BCUT2D eigenvalue weighted by Gasteiger charge is -2.34. The van der Waals surface area contributed by atoms with Gasteiger partial charge in [0.2, 0.25) is 0 Å². The Hall–Kier alpha value is -3.92. The molecule has 0 unspecified atom stereocenters. The number of hydrogen-bond donors (Lipinski definition) is 4. The molecule has 0 saturated carbocycles. The van der Waals surface area contributed by atoms with E-state index in [2.05, 4.69) is 70.5 Å². The van der Waals surface area contributed by atoms with Crippen molar-refractivity contribution in [3.05, 3.63) is 43.0 Å². The Bertz CT molecular complexity index is 1360. The van der Waals surface area contributed by atoms with Crippen LogP contribution in [0.5, 0.6) is 0 Å². The fraction of sp³-hybridized carbons (Fsp3) is 0.238. The van der Waals surface area contributed by atoms with Crippen molar-refractivity contribution in [3.63, 3.8) is 0 Å². The molecule has 1 aromatic carbocycles. The number of aromatic amines is 3. The molecule has 4 aromatic heterocycles. The van der Waals surface area contributed by atoms with Crippen LogP contribution >= 0.6 is 0 Å². The van der Waals surface area contributed by atoms with Crippen LogP contribution in [-0.4, -0.2) is 73.2 Å². The highest BCUT2D eigenvalue weighted by Gasteiger charge is 2.18. The molecular weight excluding hydrogens is 392 g/mol. The van der Waals surface area contributed by atoms with Gasteiger partial charge in [-0.2, -0.15) is 5.10 Å². The van der Waals surface area contributed by atoms with Crippen LogP contribution in [0.1, 0.15) is 0 Å². The maximum Gasteiger partial charge on any atom is 0.161 e. The Balaban J connectivity index is 1.32. The number of hydrogen-bond acceptors (Lipinski definition) is 7. The molecule has 10 nitrogen and oxygen atoms in total. The lowest BCUT2D eigenvalue weighted by Crippen LogP contribution is -2.44. The molecule has 5 aromatic rings. The quantitative estimate of drug-likeness (QED) is 0.357. The van der Waals surface area contributed by atoms with E-state index < -0.39 is 0 Å². The number of H-pyrrole nitrogens is 3. The molecule has 0 radical (unpaired) electrons. The van der Waals surface area contributed by atoms with Crippen molar-refractivity contribution in [1.82, 2.24) is 40.0 Å². The van der Waals surface area contributed by atoms with Crippen LogP contribution in [-0.2, 0) is 0 Å². The summed E-state index contributed by atoms with van der Waals surface area (Å²) in [6.07, 6.45) is 5.18. The molecule has 1 aliphatic rings. The van der Waals surface area contributed by atoms with Gasteiger partial charge >= 0.3 is 0 Å². The number of benzene rings is 1. The molecule has 0 aliphatic carbocycles. The smallest absolute Gasteiger partial charge is 0.161 e. The number of likely N-dealkylation sites (N-methyl/N-ethyl adjacent to an activating group) is 1. The summed E-state index contributed by atoms with van der Waals surface area (Å²) in [4.78, 5) is 24.7. The molecule has 5 heterocycles. The molecule has 1 aliphatic heterocycles. The molecular formula is C21H22N10. The fourth-order valence-corrected chi connectivity index (χ4v) is 4.03. The van der Waals surface area contributed by atoms with E-state index in [9.17, 15) is 0 Å². The van der Waals surface area contributed by atoms with Gasteiger partial charge in [-0.05, 0) is 31.3 Å². The molecule has 4 N–H and O–H groups in total. The summed E-state index contributed by atoms with van der Waals surface area (Å²) >= 11 is 0.